The lowest BCUT2D eigenvalue weighted by Crippen LogP contribution is -2.44. The summed E-state index contributed by atoms with van der Waals surface area (Å²) in [5.74, 6) is -0.366. The molecule has 1 aliphatic rings. The van der Waals surface area contributed by atoms with Crippen molar-refractivity contribution in [2.75, 3.05) is 26.3 Å². The third-order valence-corrected chi connectivity index (χ3v) is 8.16. The number of hydrogen-bond acceptors (Lipinski definition) is 5. The molecule has 0 spiro atoms. The van der Waals surface area contributed by atoms with E-state index < -0.39 is 6.04 Å². The highest BCUT2D eigenvalue weighted by molar-refractivity contribution is 6.30. The second-order valence-electron chi connectivity index (χ2n) is 10.4. The van der Waals surface area contributed by atoms with Crippen molar-refractivity contribution >= 4 is 17.5 Å². The summed E-state index contributed by atoms with van der Waals surface area (Å²) < 4.78 is 1.82. The lowest BCUT2D eigenvalue weighted by atomic mass is 9.68. The van der Waals surface area contributed by atoms with Gasteiger partial charge in [0.15, 0.2) is 0 Å². The monoisotopic (exact) mass is 558 g/mol. The van der Waals surface area contributed by atoms with Gasteiger partial charge in [-0.2, -0.15) is 0 Å². The second-order valence-corrected chi connectivity index (χ2v) is 10.9. The summed E-state index contributed by atoms with van der Waals surface area (Å²) in [6, 6.07) is 28.2. The van der Waals surface area contributed by atoms with Crippen molar-refractivity contribution in [2.45, 2.75) is 37.4 Å². The molecule has 3 N–H and O–H groups in total. The number of aliphatic hydroxyl groups excluding tert-OH is 2. The molecule has 3 aromatic carbocycles. The summed E-state index contributed by atoms with van der Waals surface area (Å²) in [5, 5.41) is 22.5. The Morgan fingerprint density at radius 3 is 2.00 bits per heavy atom. The molecule has 5 rings (SSSR count). The molecule has 0 unspecified atom stereocenters. The van der Waals surface area contributed by atoms with Crippen LogP contribution in [0.1, 0.15) is 45.7 Å². The summed E-state index contributed by atoms with van der Waals surface area (Å²) in [6.07, 6.45) is 3.59. The normalized spacial score (nSPS) is 15.3. The first-order chi connectivity index (χ1) is 19.5. The number of likely N-dealkylation sites (tertiary alicyclic amines) is 1. The van der Waals surface area contributed by atoms with Gasteiger partial charge in [-0.1, -0.05) is 84.4 Å². The van der Waals surface area contributed by atoms with E-state index in [-0.39, 0.29) is 24.5 Å². The maximum Gasteiger partial charge on any atom is 0.270 e. The van der Waals surface area contributed by atoms with Crippen LogP contribution >= 0.6 is 11.6 Å². The molecule has 1 amide bonds. The van der Waals surface area contributed by atoms with E-state index >= 15 is 0 Å². The van der Waals surface area contributed by atoms with E-state index in [2.05, 4.69) is 75.9 Å². The van der Waals surface area contributed by atoms with Crippen LogP contribution in [0.5, 0.6) is 0 Å². The van der Waals surface area contributed by atoms with Crippen LogP contribution in [0.2, 0.25) is 5.02 Å². The molecular formula is C32H35ClN4O3. The Hall–Kier alpha value is -3.49. The average molecular weight is 559 g/mol. The Kier molecular flexibility index (Phi) is 8.97. The zero-order valence-corrected chi connectivity index (χ0v) is 23.2. The number of carbonyl (C=O) groups excluding carboxylic acids is 1. The minimum Gasteiger partial charge on any atom is -0.394 e. The maximum atomic E-state index is 13.4. The van der Waals surface area contributed by atoms with Gasteiger partial charge in [-0.05, 0) is 54.8 Å². The number of amides is 1. The quantitative estimate of drug-likeness (QED) is 0.271. The number of carbonyl (C=O) groups is 1. The fraction of sp³-hybridized carbons (Fsp3) is 0.312. The third-order valence-electron chi connectivity index (χ3n) is 7.91. The van der Waals surface area contributed by atoms with Crippen molar-refractivity contribution in [3.63, 3.8) is 0 Å². The van der Waals surface area contributed by atoms with Crippen molar-refractivity contribution in [3.8, 4) is 0 Å². The summed E-state index contributed by atoms with van der Waals surface area (Å²) in [5.41, 5.74) is 4.68. The van der Waals surface area contributed by atoms with Crippen molar-refractivity contribution in [3.05, 3.63) is 124 Å². The van der Waals surface area contributed by atoms with Crippen LogP contribution in [0, 0.1) is 0 Å². The molecule has 1 aromatic heterocycles. The van der Waals surface area contributed by atoms with Crippen LogP contribution in [0.4, 0.5) is 0 Å². The van der Waals surface area contributed by atoms with Gasteiger partial charge in [0.2, 0.25) is 0 Å². The largest absolute Gasteiger partial charge is 0.394 e. The number of nitrogens with zero attached hydrogens (tertiary/aromatic N) is 3. The standard InChI is InChI=1S/C32H35ClN4O3/c33-27-13-11-24(12-14-27)19-37-23-34-29(30(37)31(40)35-28(21-38)22-39)20-36-17-15-32(16-18-36,25-7-3-1-4-8-25)26-9-5-2-6-10-26/h1-14,23,28,38-39H,15-22H2,(H,35,40). The van der Waals surface area contributed by atoms with Crippen LogP contribution < -0.4 is 5.32 Å². The van der Waals surface area contributed by atoms with Gasteiger partial charge in [0, 0.05) is 23.5 Å². The number of imidazole rings is 1. The van der Waals surface area contributed by atoms with Gasteiger partial charge in [0.05, 0.1) is 31.3 Å². The molecule has 1 aliphatic heterocycles. The van der Waals surface area contributed by atoms with Crippen LogP contribution in [0.15, 0.2) is 91.3 Å². The number of rotatable bonds is 10. The van der Waals surface area contributed by atoms with Gasteiger partial charge >= 0.3 is 0 Å². The Morgan fingerprint density at radius 1 is 0.875 bits per heavy atom. The number of aromatic nitrogens is 2. The van der Waals surface area contributed by atoms with Crippen molar-refractivity contribution < 1.29 is 15.0 Å². The second kappa shape index (κ2) is 12.8. The highest BCUT2D eigenvalue weighted by Crippen LogP contribution is 2.42. The van der Waals surface area contributed by atoms with Crippen LogP contribution in [-0.2, 0) is 18.5 Å². The summed E-state index contributed by atoms with van der Waals surface area (Å²) in [6.45, 7) is 1.97. The Bertz CT molecular complexity index is 1340. The zero-order valence-electron chi connectivity index (χ0n) is 22.4. The van der Waals surface area contributed by atoms with Crippen LogP contribution in [-0.4, -0.2) is 62.9 Å². The molecule has 40 heavy (non-hydrogen) atoms. The van der Waals surface area contributed by atoms with Crippen LogP contribution in [0.25, 0.3) is 0 Å². The minimum atomic E-state index is -0.744. The van der Waals surface area contributed by atoms with Crippen molar-refractivity contribution in [1.82, 2.24) is 19.8 Å². The summed E-state index contributed by atoms with van der Waals surface area (Å²) in [7, 11) is 0. The molecule has 0 saturated carbocycles. The van der Waals surface area contributed by atoms with E-state index in [0.29, 0.717) is 29.5 Å². The van der Waals surface area contributed by atoms with Gasteiger partial charge in [-0.25, -0.2) is 4.98 Å². The molecule has 8 heteroatoms. The summed E-state index contributed by atoms with van der Waals surface area (Å²) >= 11 is 6.06. The number of aliphatic hydroxyl groups is 2. The number of nitrogens with one attached hydrogen (secondary N) is 1. The number of piperidine rings is 1. The van der Waals surface area contributed by atoms with Crippen molar-refractivity contribution in [1.29, 1.82) is 0 Å². The highest BCUT2D eigenvalue weighted by Gasteiger charge is 2.38. The topological polar surface area (TPSA) is 90.6 Å². The molecule has 0 radical (unpaired) electrons. The first-order valence-electron chi connectivity index (χ1n) is 13.7. The van der Waals surface area contributed by atoms with Crippen molar-refractivity contribution in [2.24, 2.45) is 0 Å². The Morgan fingerprint density at radius 2 is 1.45 bits per heavy atom. The smallest absolute Gasteiger partial charge is 0.270 e. The first kappa shape index (κ1) is 28.1. The van der Waals surface area contributed by atoms with Gasteiger partial charge in [0.1, 0.15) is 5.69 Å². The fourth-order valence-electron chi connectivity index (χ4n) is 5.67. The van der Waals surface area contributed by atoms with E-state index in [1.807, 2.05) is 28.8 Å². The van der Waals surface area contributed by atoms with Gasteiger partial charge in [-0.3, -0.25) is 9.69 Å². The Labute approximate surface area is 240 Å². The molecule has 1 saturated heterocycles. The maximum absolute atomic E-state index is 13.4. The predicted octanol–water partition coefficient (Wildman–Crippen LogP) is 4.25. The minimum absolute atomic E-state index is 0.0668. The van der Waals surface area contributed by atoms with E-state index in [0.717, 1.165) is 31.5 Å². The number of benzene rings is 3. The molecular weight excluding hydrogens is 524 g/mol. The number of hydrogen-bond donors (Lipinski definition) is 3. The molecule has 0 aliphatic carbocycles. The van der Waals surface area contributed by atoms with Gasteiger partial charge < -0.3 is 20.1 Å². The lowest BCUT2D eigenvalue weighted by Gasteiger charge is -2.43. The molecule has 4 aromatic rings. The van der Waals surface area contributed by atoms with E-state index in [1.165, 1.54) is 11.1 Å². The SMILES string of the molecule is O=C(NC(CO)CO)c1c(CN2CCC(c3ccccc3)(c3ccccc3)CC2)ncn1Cc1ccc(Cl)cc1. The average Bonchev–Trinajstić information content (AvgIpc) is 3.40. The molecule has 2 heterocycles. The lowest BCUT2D eigenvalue weighted by molar-refractivity contribution is 0.0867. The summed E-state index contributed by atoms with van der Waals surface area (Å²) in [4.78, 5) is 20.4. The van der Waals surface area contributed by atoms with Gasteiger partial charge in [-0.15, -0.1) is 0 Å². The van der Waals surface area contributed by atoms with E-state index in [4.69, 9.17) is 11.6 Å². The number of halogens is 1. The third kappa shape index (κ3) is 6.13. The fourth-order valence-corrected chi connectivity index (χ4v) is 5.80. The predicted molar refractivity (Wildman–Crippen MR) is 156 cm³/mol. The molecule has 7 nitrogen and oxygen atoms in total. The highest BCUT2D eigenvalue weighted by atomic mass is 35.5. The molecule has 1 fully saturated rings. The molecule has 208 valence electrons. The van der Waals surface area contributed by atoms with Crippen LogP contribution in [0.3, 0.4) is 0 Å². The van der Waals surface area contributed by atoms with Gasteiger partial charge in [0.25, 0.3) is 5.91 Å². The molecule has 0 atom stereocenters. The van der Waals surface area contributed by atoms with E-state index in [1.54, 1.807) is 6.33 Å². The molecule has 0 bridgehead atoms. The zero-order chi connectivity index (χ0) is 28.0. The first-order valence-corrected chi connectivity index (χ1v) is 14.0. The van der Waals surface area contributed by atoms with E-state index in [9.17, 15) is 15.0 Å². The Balaban J connectivity index is 1.38.